The normalized spacial score (nSPS) is 21.1. The second-order valence-corrected chi connectivity index (χ2v) is 4.44. The van der Waals surface area contributed by atoms with Crippen LogP contribution in [0.3, 0.4) is 0 Å². The van der Waals surface area contributed by atoms with Crippen molar-refractivity contribution < 1.29 is 0 Å². The molecule has 1 fully saturated rings. The first-order valence-corrected chi connectivity index (χ1v) is 6.20. The molecule has 0 radical (unpaired) electrons. The van der Waals surface area contributed by atoms with E-state index in [0.717, 1.165) is 19.5 Å². The molecule has 3 heteroatoms. The van der Waals surface area contributed by atoms with Gasteiger partial charge in [0.15, 0.2) is 0 Å². The molecule has 0 aliphatic carbocycles. The Bertz CT molecular complexity index is 320. The molecule has 1 aliphatic heterocycles. The molecule has 0 saturated carbocycles. The maximum atomic E-state index is 4.46. The quantitative estimate of drug-likeness (QED) is 0.840. The van der Waals surface area contributed by atoms with Gasteiger partial charge in [-0.2, -0.15) is 0 Å². The van der Waals surface area contributed by atoms with Crippen LogP contribution in [-0.4, -0.2) is 31.2 Å². The summed E-state index contributed by atoms with van der Waals surface area (Å²) in [6.45, 7) is 4.40. The highest BCUT2D eigenvalue weighted by molar-refractivity contribution is 5.45. The van der Waals surface area contributed by atoms with Crippen molar-refractivity contribution in [3.63, 3.8) is 0 Å². The minimum atomic E-state index is 0.625. The molecule has 2 rings (SSSR count). The summed E-state index contributed by atoms with van der Waals surface area (Å²) >= 11 is 0. The van der Waals surface area contributed by atoms with Crippen LogP contribution in [0.2, 0.25) is 0 Å². The van der Waals surface area contributed by atoms with Crippen molar-refractivity contribution in [1.29, 1.82) is 0 Å². The van der Waals surface area contributed by atoms with E-state index in [2.05, 4.69) is 34.3 Å². The number of aromatic nitrogens is 1. The lowest BCUT2D eigenvalue weighted by atomic mass is 10.1. The number of nitrogens with one attached hydrogen (secondary N) is 1. The molecule has 1 aromatic heterocycles. The van der Waals surface area contributed by atoms with Crippen molar-refractivity contribution in [2.45, 2.75) is 32.2 Å². The lowest BCUT2D eigenvalue weighted by molar-refractivity contribution is 0.449. The summed E-state index contributed by atoms with van der Waals surface area (Å²) < 4.78 is 0. The maximum Gasteiger partial charge on any atom is 0.0553 e. The predicted molar refractivity (Wildman–Crippen MR) is 67.9 cm³/mol. The van der Waals surface area contributed by atoms with Crippen LogP contribution in [0.1, 0.15) is 25.5 Å². The summed E-state index contributed by atoms with van der Waals surface area (Å²) in [5.74, 6) is 0. The lowest BCUT2D eigenvalue weighted by Gasteiger charge is -2.34. The summed E-state index contributed by atoms with van der Waals surface area (Å²) in [5, 5.41) is 3.36. The number of aryl methyl sites for hydroxylation is 1. The maximum absolute atomic E-state index is 4.46. The van der Waals surface area contributed by atoms with E-state index in [0.29, 0.717) is 6.04 Å². The fourth-order valence-corrected chi connectivity index (χ4v) is 2.26. The number of rotatable bonds is 3. The van der Waals surface area contributed by atoms with Crippen LogP contribution in [0.15, 0.2) is 18.3 Å². The summed E-state index contributed by atoms with van der Waals surface area (Å²) in [4.78, 5) is 6.89. The van der Waals surface area contributed by atoms with E-state index in [9.17, 15) is 0 Å². The fourth-order valence-electron chi connectivity index (χ4n) is 2.26. The Morgan fingerprint density at radius 2 is 2.38 bits per heavy atom. The predicted octanol–water partition coefficient (Wildman–Crippen LogP) is 1.83. The smallest absolute Gasteiger partial charge is 0.0553 e. The Balaban J connectivity index is 2.05. The monoisotopic (exact) mass is 219 g/mol. The Labute approximate surface area is 97.9 Å². The van der Waals surface area contributed by atoms with Gasteiger partial charge in [0.1, 0.15) is 0 Å². The van der Waals surface area contributed by atoms with Crippen molar-refractivity contribution in [1.82, 2.24) is 10.3 Å². The number of likely N-dealkylation sites (N-methyl/N-ethyl adjacent to an activating group) is 1. The van der Waals surface area contributed by atoms with Crippen molar-refractivity contribution in [2.24, 2.45) is 0 Å². The molecule has 1 aromatic rings. The first kappa shape index (κ1) is 11.4. The van der Waals surface area contributed by atoms with E-state index < -0.39 is 0 Å². The van der Waals surface area contributed by atoms with Gasteiger partial charge in [0.2, 0.25) is 0 Å². The number of anilines is 1. The molecule has 0 bridgehead atoms. The summed E-state index contributed by atoms with van der Waals surface area (Å²) in [6.07, 6.45) is 5.57. The number of pyridine rings is 1. The summed E-state index contributed by atoms with van der Waals surface area (Å²) in [6, 6.07) is 4.96. The van der Waals surface area contributed by atoms with E-state index in [1.807, 2.05) is 13.2 Å². The van der Waals surface area contributed by atoms with Crippen molar-refractivity contribution in [3.05, 3.63) is 24.0 Å². The molecule has 2 heterocycles. The zero-order valence-corrected chi connectivity index (χ0v) is 10.2. The second-order valence-electron chi connectivity index (χ2n) is 4.44. The molecule has 3 nitrogen and oxygen atoms in total. The molecular formula is C13H21N3. The largest absolute Gasteiger partial charge is 0.369 e. The van der Waals surface area contributed by atoms with Gasteiger partial charge in [0.25, 0.3) is 0 Å². The first-order chi connectivity index (χ1) is 7.83. The molecule has 0 aromatic carbocycles. The highest BCUT2D eigenvalue weighted by Crippen LogP contribution is 2.19. The third-order valence-corrected chi connectivity index (χ3v) is 3.37. The Hall–Kier alpha value is -1.09. The molecule has 88 valence electrons. The number of hydrogen-bond donors (Lipinski definition) is 1. The van der Waals surface area contributed by atoms with Crippen molar-refractivity contribution >= 4 is 5.69 Å². The zero-order chi connectivity index (χ0) is 11.4. The van der Waals surface area contributed by atoms with Crippen LogP contribution in [0.4, 0.5) is 5.69 Å². The van der Waals surface area contributed by atoms with Crippen LogP contribution >= 0.6 is 0 Å². The van der Waals surface area contributed by atoms with E-state index in [-0.39, 0.29) is 0 Å². The minimum absolute atomic E-state index is 0.625. The molecule has 0 spiro atoms. The molecule has 1 saturated heterocycles. The van der Waals surface area contributed by atoms with E-state index in [4.69, 9.17) is 0 Å². The van der Waals surface area contributed by atoms with Gasteiger partial charge < -0.3 is 10.2 Å². The third-order valence-electron chi connectivity index (χ3n) is 3.37. The van der Waals surface area contributed by atoms with Gasteiger partial charge in [-0.05, 0) is 38.4 Å². The van der Waals surface area contributed by atoms with Gasteiger partial charge in [0, 0.05) is 24.8 Å². The average Bonchev–Trinajstić information content (AvgIpc) is 2.39. The van der Waals surface area contributed by atoms with Gasteiger partial charge >= 0.3 is 0 Å². The lowest BCUT2D eigenvalue weighted by Crippen LogP contribution is -2.44. The summed E-state index contributed by atoms with van der Waals surface area (Å²) in [5.41, 5.74) is 2.43. The Kier molecular flexibility index (Phi) is 3.78. The SMILES string of the molecule is CCc1ccc(N2CCCC(NC)C2)cn1. The fraction of sp³-hybridized carbons (Fsp3) is 0.615. The van der Waals surface area contributed by atoms with Gasteiger partial charge in [-0.25, -0.2) is 0 Å². The molecular weight excluding hydrogens is 198 g/mol. The number of nitrogens with zero attached hydrogens (tertiary/aromatic N) is 2. The van der Waals surface area contributed by atoms with Gasteiger partial charge in [-0.1, -0.05) is 6.92 Å². The molecule has 0 amide bonds. The molecule has 1 N–H and O–H groups in total. The van der Waals surface area contributed by atoms with Gasteiger partial charge in [0.05, 0.1) is 11.9 Å². The van der Waals surface area contributed by atoms with Crippen LogP contribution in [-0.2, 0) is 6.42 Å². The highest BCUT2D eigenvalue weighted by atomic mass is 15.2. The Morgan fingerprint density at radius 1 is 1.50 bits per heavy atom. The zero-order valence-electron chi connectivity index (χ0n) is 10.2. The van der Waals surface area contributed by atoms with Crippen LogP contribution in [0, 0.1) is 0 Å². The van der Waals surface area contributed by atoms with E-state index in [1.165, 1.54) is 24.2 Å². The highest BCUT2D eigenvalue weighted by Gasteiger charge is 2.18. The topological polar surface area (TPSA) is 28.2 Å². The first-order valence-electron chi connectivity index (χ1n) is 6.20. The molecule has 1 atom stereocenters. The van der Waals surface area contributed by atoms with Gasteiger partial charge in [-0.15, -0.1) is 0 Å². The van der Waals surface area contributed by atoms with Gasteiger partial charge in [-0.3, -0.25) is 4.98 Å². The average molecular weight is 219 g/mol. The summed E-state index contributed by atoms with van der Waals surface area (Å²) in [7, 11) is 2.05. The van der Waals surface area contributed by atoms with Crippen molar-refractivity contribution in [2.75, 3.05) is 25.0 Å². The Morgan fingerprint density at radius 3 is 3.00 bits per heavy atom. The van der Waals surface area contributed by atoms with E-state index in [1.54, 1.807) is 0 Å². The van der Waals surface area contributed by atoms with Crippen LogP contribution < -0.4 is 10.2 Å². The second kappa shape index (κ2) is 5.30. The number of piperidine rings is 1. The minimum Gasteiger partial charge on any atom is -0.369 e. The van der Waals surface area contributed by atoms with Crippen LogP contribution in [0.25, 0.3) is 0 Å². The van der Waals surface area contributed by atoms with Crippen molar-refractivity contribution in [3.8, 4) is 0 Å². The molecule has 1 unspecified atom stereocenters. The third kappa shape index (κ3) is 2.53. The molecule has 16 heavy (non-hydrogen) atoms. The van der Waals surface area contributed by atoms with E-state index >= 15 is 0 Å². The van der Waals surface area contributed by atoms with Crippen LogP contribution in [0.5, 0.6) is 0 Å². The molecule has 1 aliphatic rings. The standard InChI is InChI=1S/C13H21N3/c1-3-11-6-7-13(9-15-11)16-8-4-5-12(10-16)14-2/h6-7,9,12,14H,3-5,8,10H2,1-2H3. The number of hydrogen-bond acceptors (Lipinski definition) is 3.